The summed E-state index contributed by atoms with van der Waals surface area (Å²) in [5, 5.41) is 68.6. The van der Waals surface area contributed by atoms with Crippen LogP contribution in [0.3, 0.4) is 0 Å². The van der Waals surface area contributed by atoms with Crippen molar-refractivity contribution in [3.05, 3.63) is 144 Å². The fourth-order valence-corrected chi connectivity index (χ4v) is 8.35. The molecule has 2 atom stereocenters. The fraction of sp³-hybridized carbons (Fsp3) is 0.333. The molecule has 0 aliphatic carbocycles. The molecule has 0 saturated heterocycles. The van der Waals surface area contributed by atoms with Crippen molar-refractivity contribution in [2.75, 3.05) is 10.6 Å². The van der Waals surface area contributed by atoms with Gasteiger partial charge in [0.1, 0.15) is 0 Å². The van der Waals surface area contributed by atoms with Crippen LogP contribution in [0.1, 0.15) is 123 Å². The van der Waals surface area contributed by atoms with Crippen molar-refractivity contribution in [3.63, 3.8) is 0 Å². The van der Waals surface area contributed by atoms with Crippen LogP contribution in [0.25, 0.3) is 22.3 Å². The number of aromatic hydroxyl groups is 2. The summed E-state index contributed by atoms with van der Waals surface area (Å²) in [6.07, 6.45) is 0.951. The molecular formula is C54H62CaN4O10. The quantitative estimate of drug-likeness (QED) is 0.0291. The molecule has 0 spiro atoms. The summed E-state index contributed by atoms with van der Waals surface area (Å²) in [4.78, 5) is 48.3. The van der Waals surface area contributed by atoms with Gasteiger partial charge in [-0.2, -0.15) is 0 Å². The minimum absolute atomic E-state index is 0. The molecule has 6 N–H and O–H groups in total. The van der Waals surface area contributed by atoms with Gasteiger partial charge in [0.25, 0.3) is 11.8 Å². The molecule has 0 aliphatic heterocycles. The van der Waals surface area contributed by atoms with Crippen molar-refractivity contribution < 1.29 is 49.8 Å². The number of benzene rings is 4. The van der Waals surface area contributed by atoms with Crippen molar-refractivity contribution in [2.24, 2.45) is 0 Å². The van der Waals surface area contributed by atoms with Crippen LogP contribution >= 0.6 is 0 Å². The van der Waals surface area contributed by atoms with Gasteiger partial charge in [-0.1, -0.05) is 150 Å². The van der Waals surface area contributed by atoms with Gasteiger partial charge in [-0.25, -0.2) is 0 Å². The Labute approximate surface area is 433 Å². The van der Waals surface area contributed by atoms with Crippen LogP contribution in [0.4, 0.5) is 11.4 Å². The topological polar surface area (TPSA) is 229 Å². The molecule has 0 unspecified atom stereocenters. The second-order valence-corrected chi connectivity index (χ2v) is 17.3. The van der Waals surface area contributed by atoms with Gasteiger partial charge in [0.15, 0.2) is 11.8 Å². The molecule has 0 aliphatic rings. The summed E-state index contributed by atoms with van der Waals surface area (Å²) in [6.45, 7) is 8.84. The zero-order valence-corrected chi connectivity index (χ0v) is 42.0. The number of carboxylic acid groups (broad SMARTS) is 2. The first kappa shape index (κ1) is 55.7. The molecule has 360 valence electrons. The maximum absolute atomic E-state index is 13.5. The van der Waals surface area contributed by atoms with Gasteiger partial charge in [-0.15, -0.1) is 0 Å². The van der Waals surface area contributed by atoms with E-state index in [-0.39, 0.29) is 86.0 Å². The summed E-state index contributed by atoms with van der Waals surface area (Å²) < 4.78 is 3.56. The van der Waals surface area contributed by atoms with E-state index in [0.29, 0.717) is 85.2 Å². The Morgan fingerprint density at radius 1 is 0.493 bits per heavy atom. The average molecular weight is 967 g/mol. The minimum Gasteiger partial charge on any atom is -0.547 e. The van der Waals surface area contributed by atoms with Crippen molar-refractivity contribution >= 4 is 72.9 Å². The number of carboxylic acids is 2. The van der Waals surface area contributed by atoms with Crippen LogP contribution in [-0.2, 0) is 22.7 Å². The fourth-order valence-electron chi connectivity index (χ4n) is 8.35. The van der Waals surface area contributed by atoms with Crippen LogP contribution in [-0.4, -0.2) is 103 Å². The molecule has 0 bridgehead atoms. The summed E-state index contributed by atoms with van der Waals surface area (Å²) in [6, 6.07) is 37.1. The molecule has 0 fully saturated rings. The second kappa shape index (κ2) is 27.3. The SMILES string of the molecule is CC(C)c1c(C(=O)Nc2ccccc2)c(-c2ccccc2)c(O)n1CCCCC[C@H](O)C(=O)[O-].CC(C)c1c(C(=O)Nc2ccccc2)c(-c2ccccc2)c(O)n1CCCCC[C@H](O)C(=O)[O-].[Ca+2]. The Morgan fingerprint density at radius 2 is 0.797 bits per heavy atom. The molecule has 0 radical (unpaired) electrons. The molecule has 4 aromatic carbocycles. The number of nitrogens with one attached hydrogen (secondary N) is 2. The number of hydrogen-bond acceptors (Lipinski definition) is 10. The van der Waals surface area contributed by atoms with Crippen LogP contribution in [0.2, 0.25) is 0 Å². The molecule has 6 aromatic rings. The largest absolute Gasteiger partial charge is 2.00 e. The van der Waals surface area contributed by atoms with E-state index < -0.39 is 24.1 Å². The predicted molar refractivity (Wildman–Crippen MR) is 265 cm³/mol. The number of aliphatic hydroxyl groups excluding tert-OH is 2. The van der Waals surface area contributed by atoms with E-state index in [1.807, 2.05) is 149 Å². The van der Waals surface area contributed by atoms with Crippen molar-refractivity contribution in [1.82, 2.24) is 9.13 Å². The Kier molecular flexibility index (Phi) is 22.1. The molecular weight excluding hydrogens is 905 g/mol. The molecule has 2 heterocycles. The number of hydrogen-bond donors (Lipinski definition) is 6. The first-order valence-corrected chi connectivity index (χ1v) is 23.1. The Morgan fingerprint density at radius 3 is 1.09 bits per heavy atom. The molecule has 14 nitrogen and oxygen atoms in total. The summed E-state index contributed by atoms with van der Waals surface area (Å²) in [7, 11) is 0. The summed E-state index contributed by atoms with van der Waals surface area (Å²) in [5.74, 6) is -3.54. The van der Waals surface area contributed by atoms with E-state index in [4.69, 9.17) is 0 Å². The van der Waals surface area contributed by atoms with Gasteiger partial charge in [-0.3, -0.25) is 9.59 Å². The van der Waals surface area contributed by atoms with E-state index in [1.165, 1.54) is 0 Å². The smallest absolute Gasteiger partial charge is 0.547 e. The number of carbonyl (C=O) groups is 4. The number of aliphatic carboxylic acids is 2. The van der Waals surface area contributed by atoms with Gasteiger partial charge in [0.2, 0.25) is 0 Å². The first-order chi connectivity index (χ1) is 32.6. The Hall–Kier alpha value is -5.90. The Bertz CT molecular complexity index is 2400. The van der Waals surface area contributed by atoms with Gasteiger partial charge in [0, 0.05) is 35.9 Å². The standard InChI is InChI=1S/2C27H32N2O5.Ca/c2*1-18(2)24-23(25(31)28-20-14-8-4-9-15-20)22(19-12-6-3-7-13-19)26(32)29(24)17-11-5-10-16-21(30)27(33)34;/h2*3-4,6-9,12-15,18,21,30,32H,5,10-11,16-17H2,1-2H3,(H,28,31)(H,33,34);/q;;+2/p-2/t2*21-;/m00./s1. The number of amides is 2. The third-order valence-corrected chi connectivity index (χ3v) is 11.6. The monoisotopic (exact) mass is 966 g/mol. The number of aromatic nitrogens is 2. The molecule has 2 amide bonds. The van der Waals surface area contributed by atoms with Crippen molar-refractivity contribution in [1.29, 1.82) is 0 Å². The molecule has 6 rings (SSSR count). The van der Waals surface area contributed by atoms with E-state index in [1.54, 1.807) is 9.13 Å². The third-order valence-electron chi connectivity index (χ3n) is 11.6. The van der Waals surface area contributed by atoms with Crippen molar-refractivity contribution in [3.8, 4) is 34.0 Å². The van der Waals surface area contributed by atoms with Crippen LogP contribution < -0.4 is 20.8 Å². The maximum atomic E-state index is 13.5. The van der Waals surface area contributed by atoms with Gasteiger partial charge in [0.05, 0.1) is 46.4 Å². The second-order valence-electron chi connectivity index (χ2n) is 17.3. The van der Waals surface area contributed by atoms with Crippen LogP contribution in [0.15, 0.2) is 121 Å². The third kappa shape index (κ3) is 15.0. The van der Waals surface area contributed by atoms with Crippen LogP contribution in [0, 0.1) is 0 Å². The molecule has 0 saturated carbocycles. The first-order valence-electron chi connectivity index (χ1n) is 23.1. The maximum Gasteiger partial charge on any atom is 2.00 e. The zero-order valence-electron chi connectivity index (χ0n) is 39.8. The number of nitrogens with zero attached hydrogens (tertiary/aromatic N) is 2. The van der Waals surface area contributed by atoms with E-state index in [9.17, 15) is 49.8 Å². The zero-order chi connectivity index (χ0) is 49.3. The normalized spacial score (nSPS) is 11.8. The Balaban J connectivity index is 0.000000296. The molecule has 15 heteroatoms. The number of aliphatic hydroxyl groups is 2. The van der Waals surface area contributed by atoms with E-state index in [2.05, 4.69) is 10.6 Å². The number of unbranched alkanes of at least 4 members (excludes halogenated alkanes) is 4. The number of para-hydroxylation sites is 2. The average Bonchev–Trinajstić information content (AvgIpc) is 3.80. The van der Waals surface area contributed by atoms with E-state index in [0.717, 1.165) is 22.5 Å². The van der Waals surface area contributed by atoms with Gasteiger partial charge >= 0.3 is 37.7 Å². The minimum atomic E-state index is -1.47. The number of anilines is 2. The predicted octanol–water partition coefficient (Wildman–Crippen LogP) is 7.43. The summed E-state index contributed by atoms with van der Waals surface area (Å²) in [5.41, 5.74) is 6.16. The van der Waals surface area contributed by atoms with Crippen LogP contribution in [0.5, 0.6) is 11.8 Å². The number of carbonyl (C=O) groups excluding carboxylic acids is 4. The van der Waals surface area contributed by atoms with E-state index >= 15 is 0 Å². The van der Waals surface area contributed by atoms with Gasteiger partial charge in [-0.05, 0) is 72.9 Å². The van der Waals surface area contributed by atoms with Gasteiger partial charge < -0.3 is 60.0 Å². The molecule has 2 aromatic heterocycles. The molecule has 69 heavy (non-hydrogen) atoms. The summed E-state index contributed by atoms with van der Waals surface area (Å²) >= 11 is 0. The van der Waals surface area contributed by atoms with Crippen molar-refractivity contribution in [2.45, 2.75) is 116 Å². The number of rotatable bonds is 22.